The number of anilines is 2. The van der Waals surface area contributed by atoms with Gasteiger partial charge in [0.25, 0.3) is 0 Å². The monoisotopic (exact) mass is 302 g/mol. The molecule has 0 amide bonds. The maximum Gasteiger partial charge on any atom is 0.224 e. The predicted molar refractivity (Wildman–Crippen MR) is 88.7 cm³/mol. The molecule has 1 aromatic heterocycles. The van der Waals surface area contributed by atoms with Crippen molar-refractivity contribution in [1.82, 2.24) is 9.97 Å². The molecule has 1 heterocycles. The van der Waals surface area contributed by atoms with E-state index in [0.29, 0.717) is 30.4 Å². The normalized spacial score (nSPS) is 10.8. The Morgan fingerprint density at radius 1 is 1.14 bits per heavy atom. The number of halogens is 1. The van der Waals surface area contributed by atoms with Gasteiger partial charge in [0.15, 0.2) is 0 Å². The van der Waals surface area contributed by atoms with Gasteiger partial charge in [-0.3, -0.25) is 0 Å². The average molecular weight is 302 g/mol. The Hall–Kier alpha value is -2.17. The van der Waals surface area contributed by atoms with Gasteiger partial charge in [-0.25, -0.2) is 9.37 Å². The Balaban J connectivity index is 1.93. The van der Waals surface area contributed by atoms with Crippen LogP contribution in [0.2, 0.25) is 0 Å². The van der Waals surface area contributed by atoms with Gasteiger partial charge in [-0.05, 0) is 30.9 Å². The zero-order valence-electron chi connectivity index (χ0n) is 13.4. The Bertz CT molecular complexity index is 613. The van der Waals surface area contributed by atoms with Crippen molar-refractivity contribution in [3.05, 3.63) is 47.4 Å². The molecule has 2 N–H and O–H groups in total. The Labute approximate surface area is 131 Å². The lowest BCUT2D eigenvalue weighted by Crippen LogP contribution is -2.13. The molecule has 0 radical (unpaired) electrons. The molecule has 0 unspecified atom stereocenters. The molecule has 2 rings (SSSR count). The van der Waals surface area contributed by atoms with Crippen molar-refractivity contribution in [2.45, 2.75) is 27.2 Å². The lowest BCUT2D eigenvalue weighted by Gasteiger charge is -2.11. The lowest BCUT2D eigenvalue weighted by molar-refractivity contribution is 0.610. The fourth-order valence-corrected chi connectivity index (χ4v) is 2.06. The molecular weight excluding hydrogens is 279 g/mol. The number of aromatic nitrogens is 2. The average Bonchev–Trinajstić information content (AvgIpc) is 2.47. The summed E-state index contributed by atoms with van der Waals surface area (Å²) >= 11 is 0. The van der Waals surface area contributed by atoms with Gasteiger partial charge in [-0.1, -0.05) is 32.0 Å². The summed E-state index contributed by atoms with van der Waals surface area (Å²) in [5.74, 6) is 1.75. The fourth-order valence-electron chi connectivity index (χ4n) is 2.06. The summed E-state index contributed by atoms with van der Waals surface area (Å²) < 4.78 is 13.6. The highest BCUT2D eigenvalue weighted by Gasteiger charge is 2.04. The third-order valence-corrected chi connectivity index (χ3v) is 3.18. The van der Waals surface area contributed by atoms with Crippen LogP contribution >= 0.6 is 0 Å². The second-order valence-corrected chi connectivity index (χ2v) is 5.76. The number of rotatable bonds is 7. The van der Waals surface area contributed by atoms with Crippen LogP contribution in [0.1, 0.15) is 25.1 Å². The molecule has 5 heteroatoms. The predicted octanol–water partition coefficient (Wildman–Crippen LogP) is 3.65. The largest absolute Gasteiger partial charge is 0.370 e. The van der Waals surface area contributed by atoms with E-state index < -0.39 is 0 Å². The summed E-state index contributed by atoms with van der Waals surface area (Å²) in [6.07, 6.45) is 0.616. The SMILES string of the molecule is Cc1cc(NCCc2ccccc2F)nc(NCC(C)C)n1. The van der Waals surface area contributed by atoms with Crippen LogP contribution in [0, 0.1) is 18.7 Å². The number of aryl methyl sites for hydroxylation is 1. The van der Waals surface area contributed by atoms with Crippen LogP contribution < -0.4 is 10.6 Å². The van der Waals surface area contributed by atoms with Gasteiger partial charge >= 0.3 is 0 Å². The summed E-state index contributed by atoms with van der Waals surface area (Å²) in [5.41, 5.74) is 1.61. The van der Waals surface area contributed by atoms with Crippen LogP contribution in [0.3, 0.4) is 0 Å². The first-order chi connectivity index (χ1) is 10.5. The van der Waals surface area contributed by atoms with Crippen molar-refractivity contribution in [3.63, 3.8) is 0 Å². The molecule has 0 saturated carbocycles. The van der Waals surface area contributed by atoms with Crippen LogP contribution in [0.15, 0.2) is 30.3 Å². The number of hydrogen-bond acceptors (Lipinski definition) is 4. The summed E-state index contributed by atoms with van der Waals surface area (Å²) in [7, 11) is 0. The maximum absolute atomic E-state index is 13.6. The minimum absolute atomic E-state index is 0.164. The van der Waals surface area contributed by atoms with Gasteiger partial charge in [-0.15, -0.1) is 0 Å². The summed E-state index contributed by atoms with van der Waals surface area (Å²) in [4.78, 5) is 8.80. The summed E-state index contributed by atoms with van der Waals surface area (Å²) in [6.45, 7) is 7.66. The van der Waals surface area contributed by atoms with Gasteiger partial charge in [0, 0.05) is 24.8 Å². The molecule has 118 valence electrons. The highest BCUT2D eigenvalue weighted by atomic mass is 19.1. The van der Waals surface area contributed by atoms with Gasteiger partial charge in [-0.2, -0.15) is 4.98 Å². The van der Waals surface area contributed by atoms with Crippen molar-refractivity contribution in [3.8, 4) is 0 Å². The molecule has 0 aliphatic heterocycles. The van der Waals surface area contributed by atoms with E-state index in [1.165, 1.54) is 6.07 Å². The zero-order chi connectivity index (χ0) is 15.9. The number of nitrogens with one attached hydrogen (secondary N) is 2. The third kappa shape index (κ3) is 4.98. The Morgan fingerprint density at radius 3 is 2.64 bits per heavy atom. The number of nitrogens with zero attached hydrogens (tertiary/aromatic N) is 2. The molecule has 0 atom stereocenters. The first-order valence-electron chi connectivity index (χ1n) is 7.61. The van der Waals surface area contributed by atoms with Crippen molar-refractivity contribution < 1.29 is 4.39 Å². The van der Waals surface area contributed by atoms with E-state index in [2.05, 4.69) is 34.4 Å². The zero-order valence-corrected chi connectivity index (χ0v) is 13.4. The van der Waals surface area contributed by atoms with Crippen LogP contribution in [0.25, 0.3) is 0 Å². The molecule has 1 aromatic carbocycles. The molecule has 0 fully saturated rings. The molecule has 2 aromatic rings. The van der Waals surface area contributed by atoms with Crippen molar-refractivity contribution in [2.75, 3.05) is 23.7 Å². The smallest absolute Gasteiger partial charge is 0.224 e. The standard InChI is InChI=1S/C17H23FN4/c1-12(2)11-20-17-21-13(3)10-16(22-17)19-9-8-14-6-4-5-7-15(14)18/h4-7,10,12H,8-9,11H2,1-3H3,(H2,19,20,21,22). The first-order valence-corrected chi connectivity index (χ1v) is 7.61. The second-order valence-electron chi connectivity index (χ2n) is 5.76. The molecule has 0 spiro atoms. The molecular formula is C17H23FN4. The minimum Gasteiger partial charge on any atom is -0.370 e. The number of hydrogen-bond donors (Lipinski definition) is 2. The van der Waals surface area contributed by atoms with Crippen LogP contribution in [-0.2, 0) is 6.42 Å². The fraction of sp³-hybridized carbons (Fsp3) is 0.412. The van der Waals surface area contributed by atoms with Gasteiger partial charge in [0.2, 0.25) is 5.95 Å². The van der Waals surface area contributed by atoms with Gasteiger partial charge < -0.3 is 10.6 Å². The van der Waals surface area contributed by atoms with E-state index >= 15 is 0 Å². The van der Waals surface area contributed by atoms with E-state index in [9.17, 15) is 4.39 Å². The third-order valence-electron chi connectivity index (χ3n) is 3.18. The minimum atomic E-state index is -0.164. The highest BCUT2D eigenvalue weighted by molar-refractivity contribution is 5.42. The van der Waals surface area contributed by atoms with Crippen molar-refractivity contribution >= 4 is 11.8 Å². The summed E-state index contributed by atoms with van der Waals surface area (Å²) in [6, 6.07) is 8.73. The maximum atomic E-state index is 13.6. The molecule has 0 aliphatic carbocycles. The molecule has 0 bridgehead atoms. The van der Waals surface area contributed by atoms with E-state index in [4.69, 9.17) is 0 Å². The Morgan fingerprint density at radius 2 is 1.91 bits per heavy atom. The van der Waals surface area contributed by atoms with E-state index in [0.717, 1.165) is 18.1 Å². The van der Waals surface area contributed by atoms with Crippen LogP contribution in [0.5, 0.6) is 0 Å². The van der Waals surface area contributed by atoms with Crippen LogP contribution in [-0.4, -0.2) is 23.1 Å². The van der Waals surface area contributed by atoms with Crippen molar-refractivity contribution in [1.29, 1.82) is 0 Å². The van der Waals surface area contributed by atoms with Crippen molar-refractivity contribution in [2.24, 2.45) is 5.92 Å². The molecule has 0 aliphatic rings. The Kier molecular flexibility index (Phi) is 5.69. The highest BCUT2D eigenvalue weighted by Crippen LogP contribution is 2.11. The molecule has 22 heavy (non-hydrogen) atoms. The summed E-state index contributed by atoms with van der Waals surface area (Å²) in [5, 5.41) is 6.45. The van der Waals surface area contributed by atoms with Gasteiger partial charge in [0.1, 0.15) is 11.6 Å². The lowest BCUT2D eigenvalue weighted by atomic mass is 10.1. The van der Waals surface area contributed by atoms with Gasteiger partial charge in [0.05, 0.1) is 0 Å². The molecule has 4 nitrogen and oxygen atoms in total. The second kappa shape index (κ2) is 7.73. The van der Waals surface area contributed by atoms with Crippen LogP contribution in [0.4, 0.5) is 16.2 Å². The van der Waals surface area contributed by atoms with E-state index in [-0.39, 0.29) is 5.82 Å². The number of benzene rings is 1. The quantitative estimate of drug-likeness (QED) is 0.820. The van der Waals surface area contributed by atoms with E-state index in [1.807, 2.05) is 19.1 Å². The topological polar surface area (TPSA) is 49.8 Å². The molecule has 0 saturated heterocycles. The van der Waals surface area contributed by atoms with E-state index in [1.54, 1.807) is 12.1 Å². The first kappa shape index (κ1) is 16.2.